The maximum atomic E-state index is 2.48. The van der Waals surface area contributed by atoms with Crippen molar-refractivity contribution < 1.29 is 0 Å². The Morgan fingerprint density at radius 1 is 0.653 bits per heavy atom. The number of benzene rings is 4. The van der Waals surface area contributed by atoms with Crippen molar-refractivity contribution in [3.05, 3.63) is 137 Å². The van der Waals surface area contributed by atoms with Gasteiger partial charge in [-0.25, -0.2) is 0 Å². The topological polar surface area (TPSA) is 3.24 Å². The van der Waals surface area contributed by atoms with Crippen LogP contribution in [0, 0.1) is 23.7 Å². The lowest BCUT2D eigenvalue weighted by Crippen LogP contribution is -2.48. The molecule has 0 heterocycles. The summed E-state index contributed by atoms with van der Waals surface area (Å²) in [5.74, 6) is 3.91. The summed E-state index contributed by atoms with van der Waals surface area (Å²) >= 11 is 0. The van der Waals surface area contributed by atoms with Gasteiger partial charge in [-0.1, -0.05) is 120 Å². The van der Waals surface area contributed by atoms with E-state index >= 15 is 0 Å². The SMILES string of the molecule is CC1C=CC=C2C1c1ccc(N(c3ccc(-c4ccc(C56CC7CC(CC(C7)C5)C6)cc4)cc3)c3ccc(C(C)(C)C)cc3)cc1C2(C)C. The van der Waals surface area contributed by atoms with Gasteiger partial charge in [0.05, 0.1) is 0 Å². The highest BCUT2D eigenvalue weighted by molar-refractivity contribution is 5.80. The molecule has 1 nitrogen and oxygen atoms in total. The van der Waals surface area contributed by atoms with Gasteiger partial charge in [-0.15, -0.1) is 0 Å². The van der Waals surface area contributed by atoms with E-state index in [1.165, 1.54) is 83.4 Å². The third kappa shape index (κ3) is 5.09. The third-order valence-electron chi connectivity index (χ3n) is 13.6. The van der Waals surface area contributed by atoms with Gasteiger partial charge in [-0.2, -0.15) is 0 Å². The van der Waals surface area contributed by atoms with Crippen LogP contribution in [0.15, 0.2) is 115 Å². The fourth-order valence-corrected chi connectivity index (χ4v) is 11.4. The molecule has 49 heavy (non-hydrogen) atoms. The van der Waals surface area contributed by atoms with E-state index in [1.807, 2.05) is 0 Å². The van der Waals surface area contributed by atoms with Gasteiger partial charge in [0.1, 0.15) is 0 Å². The van der Waals surface area contributed by atoms with Crippen molar-refractivity contribution in [1.82, 2.24) is 0 Å². The van der Waals surface area contributed by atoms with Crippen LogP contribution in [-0.4, -0.2) is 0 Å². The predicted octanol–water partition coefficient (Wildman–Crippen LogP) is 13.1. The molecule has 10 rings (SSSR count). The minimum Gasteiger partial charge on any atom is -0.310 e. The van der Waals surface area contributed by atoms with Crippen LogP contribution in [0.2, 0.25) is 0 Å². The summed E-state index contributed by atoms with van der Waals surface area (Å²) in [6, 6.07) is 35.6. The fraction of sp³-hybridized carbons (Fsp3) is 0.417. The van der Waals surface area contributed by atoms with Crippen LogP contribution in [0.5, 0.6) is 0 Å². The standard InChI is InChI=1S/C48H53N/c1-31-8-7-9-43-45(31)42-23-22-41(27-44(42)47(43,5)6)49(40-20-16-37(17-21-40)46(2,3)4)39-18-12-36(13-19-39)35-10-14-38(15-11-35)48-28-32-24-33(29-48)26-34(25-32)30-48/h7-23,27,31-34,45H,24-26,28-30H2,1-6H3. The molecule has 0 N–H and O–H groups in total. The van der Waals surface area contributed by atoms with Gasteiger partial charge >= 0.3 is 0 Å². The number of fused-ring (bicyclic) bond motifs is 3. The summed E-state index contributed by atoms with van der Waals surface area (Å²) in [4.78, 5) is 2.46. The Kier molecular flexibility index (Phi) is 7.05. The van der Waals surface area contributed by atoms with Crippen LogP contribution < -0.4 is 4.90 Å². The molecule has 0 aromatic heterocycles. The Morgan fingerprint density at radius 2 is 1.18 bits per heavy atom. The van der Waals surface area contributed by atoms with Crippen molar-refractivity contribution in [1.29, 1.82) is 0 Å². The van der Waals surface area contributed by atoms with Crippen molar-refractivity contribution in [3.8, 4) is 11.1 Å². The van der Waals surface area contributed by atoms with E-state index in [0.717, 1.165) is 17.8 Å². The summed E-state index contributed by atoms with van der Waals surface area (Å²) in [6.45, 7) is 14.1. The maximum absolute atomic E-state index is 2.48. The maximum Gasteiger partial charge on any atom is 0.0464 e. The smallest absolute Gasteiger partial charge is 0.0464 e. The van der Waals surface area contributed by atoms with Crippen molar-refractivity contribution in [2.24, 2.45) is 23.7 Å². The number of hydrogen-bond donors (Lipinski definition) is 0. The highest BCUT2D eigenvalue weighted by atomic mass is 15.1. The summed E-state index contributed by atoms with van der Waals surface area (Å²) < 4.78 is 0. The van der Waals surface area contributed by atoms with Gasteiger partial charge in [-0.3, -0.25) is 0 Å². The fourth-order valence-electron chi connectivity index (χ4n) is 11.4. The van der Waals surface area contributed by atoms with Crippen LogP contribution in [-0.2, 0) is 16.2 Å². The summed E-state index contributed by atoms with van der Waals surface area (Å²) in [5, 5.41) is 0. The monoisotopic (exact) mass is 643 g/mol. The lowest BCUT2D eigenvalue weighted by molar-refractivity contribution is -0.00518. The molecule has 2 unspecified atom stereocenters. The van der Waals surface area contributed by atoms with Gasteiger partial charge in [0, 0.05) is 28.4 Å². The molecule has 0 radical (unpaired) electrons. The second kappa shape index (κ2) is 11.1. The molecule has 0 amide bonds. The molecule has 4 bridgehead atoms. The van der Waals surface area contributed by atoms with E-state index in [9.17, 15) is 0 Å². The molecule has 4 saturated carbocycles. The van der Waals surface area contributed by atoms with Gasteiger partial charge < -0.3 is 4.90 Å². The Labute approximate surface area is 295 Å². The number of anilines is 3. The molecule has 0 aliphatic heterocycles. The second-order valence-corrected chi connectivity index (χ2v) is 18.2. The summed E-state index contributed by atoms with van der Waals surface area (Å²) in [7, 11) is 0. The van der Waals surface area contributed by atoms with E-state index in [1.54, 1.807) is 11.1 Å². The first-order valence-electron chi connectivity index (χ1n) is 19.1. The van der Waals surface area contributed by atoms with Crippen LogP contribution >= 0.6 is 0 Å². The van der Waals surface area contributed by atoms with Crippen molar-refractivity contribution >= 4 is 17.1 Å². The summed E-state index contributed by atoms with van der Waals surface area (Å²) in [6.07, 6.45) is 15.8. The lowest BCUT2D eigenvalue weighted by atomic mass is 9.48. The van der Waals surface area contributed by atoms with E-state index in [0.29, 0.717) is 17.3 Å². The number of hydrogen-bond acceptors (Lipinski definition) is 1. The van der Waals surface area contributed by atoms with Crippen LogP contribution in [0.25, 0.3) is 11.1 Å². The number of nitrogens with zero attached hydrogens (tertiary/aromatic N) is 1. The molecule has 0 spiro atoms. The van der Waals surface area contributed by atoms with Gasteiger partial charge in [0.25, 0.3) is 0 Å². The Bertz CT molecular complexity index is 1910. The first kappa shape index (κ1) is 31.2. The molecule has 4 aromatic rings. The second-order valence-electron chi connectivity index (χ2n) is 18.2. The average molecular weight is 644 g/mol. The zero-order valence-corrected chi connectivity index (χ0v) is 30.5. The molecular formula is C48H53N. The van der Waals surface area contributed by atoms with Crippen LogP contribution in [0.4, 0.5) is 17.1 Å². The van der Waals surface area contributed by atoms with Crippen molar-refractivity contribution in [2.75, 3.05) is 4.90 Å². The Balaban J connectivity index is 1.06. The minimum atomic E-state index is 0.00296. The molecule has 4 fully saturated rings. The van der Waals surface area contributed by atoms with Crippen molar-refractivity contribution in [2.45, 2.75) is 102 Å². The third-order valence-corrected chi connectivity index (χ3v) is 13.6. The van der Waals surface area contributed by atoms with Crippen LogP contribution in [0.1, 0.15) is 108 Å². The van der Waals surface area contributed by atoms with E-state index < -0.39 is 0 Å². The van der Waals surface area contributed by atoms with Gasteiger partial charge in [-0.05, 0) is 143 Å². The number of rotatable bonds is 5. The molecule has 250 valence electrons. The molecule has 6 aliphatic carbocycles. The minimum absolute atomic E-state index is 0.00296. The Morgan fingerprint density at radius 3 is 1.76 bits per heavy atom. The number of allylic oxidation sites excluding steroid dienone is 4. The predicted molar refractivity (Wildman–Crippen MR) is 207 cm³/mol. The van der Waals surface area contributed by atoms with Gasteiger partial charge in [0.2, 0.25) is 0 Å². The lowest BCUT2D eigenvalue weighted by Gasteiger charge is -2.57. The highest BCUT2D eigenvalue weighted by Gasteiger charge is 2.51. The molecule has 6 aliphatic rings. The largest absolute Gasteiger partial charge is 0.310 e. The molecule has 2 atom stereocenters. The normalized spacial score (nSPS) is 29.0. The zero-order chi connectivity index (χ0) is 33.7. The quantitative estimate of drug-likeness (QED) is 0.209. The Hall–Kier alpha value is -3.84. The van der Waals surface area contributed by atoms with Gasteiger partial charge in [0.15, 0.2) is 0 Å². The molecule has 0 saturated heterocycles. The highest BCUT2D eigenvalue weighted by Crippen LogP contribution is 2.61. The average Bonchev–Trinajstić information content (AvgIpc) is 3.31. The molecular weight excluding hydrogens is 591 g/mol. The molecule has 4 aromatic carbocycles. The molecule has 1 heteroatoms. The van der Waals surface area contributed by atoms with E-state index in [2.05, 4.69) is 156 Å². The summed E-state index contributed by atoms with van der Waals surface area (Å²) in [5.41, 5.74) is 14.3. The first-order valence-corrected chi connectivity index (χ1v) is 19.1. The van der Waals surface area contributed by atoms with E-state index in [-0.39, 0.29) is 10.8 Å². The zero-order valence-electron chi connectivity index (χ0n) is 30.5. The first-order chi connectivity index (χ1) is 23.5. The van der Waals surface area contributed by atoms with Crippen molar-refractivity contribution in [3.63, 3.8) is 0 Å². The van der Waals surface area contributed by atoms with E-state index in [4.69, 9.17) is 0 Å². The van der Waals surface area contributed by atoms with Crippen LogP contribution in [0.3, 0.4) is 0 Å².